The minimum atomic E-state index is 0.947. The Morgan fingerprint density at radius 2 is 1.45 bits per heavy atom. The van der Waals surface area contributed by atoms with Crippen LogP contribution in [-0.2, 0) is 0 Å². The third-order valence-electron chi connectivity index (χ3n) is 3.73. The van der Waals surface area contributed by atoms with E-state index in [0.29, 0.717) is 0 Å². The summed E-state index contributed by atoms with van der Waals surface area (Å²) in [4.78, 5) is 0. The Balaban J connectivity index is 2.00. The highest BCUT2D eigenvalue weighted by Crippen LogP contribution is 2.32. The van der Waals surface area contributed by atoms with Gasteiger partial charge >= 0.3 is 0 Å². The minimum absolute atomic E-state index is 0.947. The molecule has 0 N–H and O–H groups in total. The van der Waals surface area contributed by atoms with Crippen LogP contribution in [-0.4, -0.2) is 0 Å². The van der Waals surface area contributed by atoms with Crippen molar-refractivity contribution in [1.29, 1.82) is 0 Å². The second-order valence-electron chi connectivity index (χ2n) is 5.18. The molecule has 0 fully saturated rings. The number of rotatable bonds is 1. The largest absolute Gasteiger partial charge is 0.456 e. The summed E-state index contributed by atoms with van der Waals surface area (Å²) < 4.78 is 5.87. The molecule has 4 rings (SSSR count). The lowest BCUT2D eigenvalue weighted by atomic mass is 10.0. The van der Waals surface area contributed by atoms with E-state index in [0.717, 1.165) is 11.2 Å². The van der Waals surface area contributed by atoms with Crippen LogP contribution in [0, 0.1) is 6.92 Å². The predicted octanol–water partition coefficient (Wildman–Crippen LogP) is 5.56. The number of aryl methyl sites for hydroxylation is 1. The van der Waals surface area contributed by atoms with Gasteiger partial charge in [0.25, 0.3) is 0 Å². The van der Waals surface area contributed by atoms with E-state index in [1.165, 1.54) is 27.5 Å². The monoisotopic (exact) mass is 258 g/mol. The third kappa shape index (κ3) is 1.71. The smallest absolute Gasteiger partial charge is 0.135 e. The Bertz CT molecular complexity index is 915. The van der Waals surface area contributed by atoms with Crippen molar-refractivity contribution >= 4 is 21.9 Å². The molecular weight excluding hydrogens is 244 g/mol. The van der Waals surface area contributed by atoms with E-state index < -0.39 is 0 Å². The van der Waals surface area contributed by atoms with Crippen molar-refractivity contribution in [3.8, 4) is 11.1 Å². The van der Waals surface area contributed by atoms with Gasteiger partial charge in [-0.3, -0.25) is 0 Å². The van der Waals surface area contributed by atoms with Gasteiger partial charge in [0.05, 0.1) is 0 Å². The zero-order valence-corrected chi connectivity index (χ0v) is 11.3. The number of hydrogen-bond donors (Lipinski definition) is 0. The van der Waals surface area contributed by atoms with Crippen LogP contribution >= 0.6 is 0 Å². The van der Waals surface area contributed by atoms with Gasteiger partial charge in [-0.05, 0) is 36.2 Å². The average molecular weight is 258 g/mol. The molecule has 0 unspecified atom stereocenters. The summed E-state index contributed by atoms with van der Waals surface area (Å²) in [7, 11) is 0. The van der Waals surface area contributed by atoms with E-state index in [-0.39, 0.29) is 0 Å². The van der Waals surface area contributed by atoms with Crippen LogP contribution in [0.1, 0.15) is 5.56 Å². The normalized spacial score (nSPS) is 11.2. The first-order valence-corrected chi connectivity index (χ1v) is 6.79. The highest BCUT2D eigenvalue weighted by molar-refractivity contribution is 6.06. The molecule has 3 aromatic carbocycles. The summed E-state index contributed by atoms with van der Waals surface area (Å²) in [5.41, 5.74) is 5.65. The Kier molecular flexibility index (Phi) is 2.40. The molecule has 0 bridgehead atoms. The molecule has 0 aliphatic rings. The van der Waals surface area contributed by atoms with Gasteiger partial charge in [-0.1, -0.05) is 54.1 Å². The van der Waals surface area contributed by atoms with Gasteiger partial charge in [0.1, 0.15) is 11.2 Å². The number of furan rings is 1. The van der Waals surface area contributed by atoms with Crippen molar-refractivity contribution in [3.63, 3.8) is 0 Å². The van der Waals surface area contributed by atoms with E-state index >= 15 is 0 Å². The van der Waals surface area contributed by atoms with Crippen molar-refractivity contribution < 1.29 is 4.42 Å². The van der Waals surface area contributed by atoms with Crippen molar-refractivity contribution in [1.82, 2.24) is 0 Å². The molecule has 0 aliphatic heterocycles. The van der Waals surface area contributed by atoms with Crippen LogP contribution < -0.4 is 0 Å². The summed E-state index contributed by atoms with van der Waals surface area (Å²) in [5, 5.41) is 2.36. The van der Waals surface area contributed by atoms with Gasteiger partial charge in [-0.15, -0.1) is 0 Å². The Hall–Kier alpha value is -2.54. The molecule has 20 heavy (non-hydrogen) atoms. The van der Waals surface area contributed by atoms with E-state index in [1.807, 2.05) is 12.1 Å². The Morgan fingerprint density at radius 1 is 0.650 bits per heavy atom. The summed E-state index contributed by atoms with van der Waals surface area (Å²) in [6.07, 6.45) is 0. The van der Waals surface area contributed by atoms with Crippen molar-refractivity contribution in [3.05, 3.63) is 72.3 Å². The molecule has 0 aliphatic carbocycles. The molecule has 1 nitrogen and oxygen atoms in total. The van der Waals surface area contributed by atoms with E-state index in [4.69, 9.17) is 4.42 Å². The van der Waals surface area contributed by atoms with Gasteiger partial charge in [0, 0.05) is 10.8 Å². The summed E-state index contributed by atoms with van der Waals surface area (Å²) >= 11 is 0. The highest BCUT2D eigenvalue weighted by atomic mass is 16.3. The molecule has 0 spiro atoms. The fourth-order valence-corrected chi connectivity index (χ4v) is 2.73. The molecule has 1 heterocycles. The van der Waals surface area contributed by atoms with Gasteiger partial charge in [-0.2, -0.15) is 0 Å². The van der Waals surface area contributed by atoms with Crippen molar-refractivity contribution in [2.45, 2.75) is 6.92 Å². The molecule has 96 valence electrons. The molecule has 0 amide bonds. The van der Waals surface area contributed by atoms with Crippen LogP contribution in [0.5, 0.6) is 0 Å². The fourth-order valence-electron chi connectivity index (χ4n) is 2.73. The van der Waals surface area contributed by atoms with Gasteiger partial charge in [0.15, 0.2) is 0 Å². The molecule has 4 aromatic rings. The van der Waals surface area contributed by atoms with Crippen LogP contribution in [0.25, 0.3) is 33.1 Å². The molecule has 0 saturated heterocycles. The fraction of sp³-hybridized carbons (Fsp3) is 0.0526. The lowest BCUT2D eigenvalue weighted by molar-refractivity contribution is 0.669. The highest BCUT2D eigenvalue weighted by Gasteiger charge is 2.07. The number of para-hydroxylation sites is 1. The number of fused-ring (bicyclic) bond motifs is 3. The molecule has 0 radical (unpaired) electrons. The quantitative estimate of drug-likeness (QED) is 0.435. The lowest BCUT2D eigenvalue weighted by Crippen LogP contribution is -1.79. The van der Waals surface area contributed by atoms with Crippen molar-refractivity contribution in [2.24, 2.45) is 0 Å². The summed E-state index contributed by atoms with van der Waals surface area (Å²) in [6.45, 7) is 2.12. The van der Waals surface area contributed by atoms with Gasteiger partial charge < -0.3 is 4.42 Å². The maximum Gasteiger partial charge on any atom is 0.135 e. The third-order valence-corrected chi connectivity index (χ3v) is 3.73. The molecular formula is C19H14O. The van der Waals surface area contributed by atoms with Gasteiger partial charge in [0.2, 0.25) is 0 Å². The summed E-state index contributed by atoms with van der Waals surface area (Å²) in [5.74, 6) is 0. The SMILES string of the molecule is Cc1cccc(-c2ccc3oc4ccccc4c3c2)c1. The second kappa shape index (κ2) is 4.24. The second-order valence-corrected chi connectivity index (χ2v) is 5.18. The molecule has 0 saturated carbocycles. The zero-order chi connectivity index (χ0) is 13.5. The maximum atomic E-state index is 5.87. The lowest BCUT2D eigenvalue weighted by Gasteiger charge is -2.03. The topological polar surface area (TPSA) is 13.1 Å². The minimum Gasteiger partial charge on any atom is -0.456 e. The Morgan fingerprint density at radius 3 is 2.35 bits per heavy atom. The number of benzene rings is 3. The van der Waals surface area contributed by atoms with Gasteiger partial charge in [-0.25, -0.2) is 0 Å². The van der Waals surface area contributed by atoms with Crippen molar-refractivity contribution in [2.75, 3.05) is 0 Å². The van der Waals surface area contributed by atoms with Crippen LogP contribution in [0.3, 0.4) is 0 Å². The first kappa shape index (κ1) is 11.3. The maximum absolute atomic E-state index is 5.87. The average Bonchev–Trinajstić information content (AvgIpc) is 2.85. The van der Waals surface area contributed by atoms with E-state index in [1.54, 1.807) is 0 Å². The Labute approximate surface area is 117 Å². The zero-order valence-electron chi connectivity index (χ0n) is 11.3. The van der Waals surface area contributed by atoms with Crippen LogP contribution in [0.4, 0.5) is 0 Å². The van der Waals surface area contributed by atoms with Crippen LogP contribution in [0.2, 0.25) is 0 Å². The predicted molar refractivity (Wildman–Crippen MR) is 83.9 cm³/mol. The standard InChI is InChI=1S/C19H14O/c1-13-5-4-6-14(11-13)15-9-10-19-17(12-15)16-7-2-3-8-18(16)20-19/h2-12H,1H3. The first-order chi connectivity index (χ1) is 9.81. The molecule has 1 heteroatoms. The first-order valence-electron chi connectivity index (χ1n) is 6.79. The summed E-state index contributed by atoms with van der Waals surface area (Å²) in [6, 6.07) is 23.2. The van der Waals surface area contributed by atoms with E-state index in [9.17, 15) is 0 Å². The van der Waals surface area contributed by atoms with E-state index in [2.05, 4.69) is 61.5 Å². The number of hydrogen-bond acceptors (Lipinski definition) is 1. The van der Waals surface area contributed by atoms with Crippen LogP contribution in [0.15, 0.2) is 71.1 Å². The molecule has 1 aromatic heterocycles. The molecule has 0 atom stereocenters.